The zero-order chi connectivity index (χ0) is 18.4. The Balaban J connectivity index is 2.23. The molecule has 4 nitrogen and oxygen atoms in total. The first kappa shape index (κ1) is 19.5. The first-order chi connectivity index (χ1) is 11.9. The second-order valence-electron chi connectivity index (χ2n) is 6.73. The Morgan fingerprint density at radius 2 is 2.04 bits per heavy atom. The maximum Gasteiger partial charge on any atom is 0.174 e. The molecule has 1 heterocycles. The molecular formula is C20H30N3OS+. The van der Waals surface area contributed by atoms with Gasteiger partial charge in [0.15, 0.2) is 5.11 Å². The maximum absolute atomic E-state index is 5.79. The van der Waals surface area contributed by atoms with Crippen LogP contribution < -0.4 is 10.2 Å². The SMILES string of the molecule is CCc1cccc(C)c1NC(=S)N(CC[NH+](C)C)C(C)c1ccco1. The van der Waals surface area contributed by atoms with Crippen molar-refractivity contribution in [3.8, 4) is 0 Å². The lowest BCUT2D eigenvalue weighted by Crippen LogP contribution is -3.06. The van der Waals surface area contributed by atoms with Crippen LogP contribution in [0.2, 0.25) is 0 Å². The van der Waals surface area contributed by atoms with Crippen molar-refractivity contribution >= 4 is 23.0 Å². The van der Waals surface area contributed by atoms with Crippen LogP contribution in [0, 0.1) is 6.92 Å². The number of anilines is 1. The summed E-state index contributed by atoms with van der Waals surface area (Å²) >= 11 is 5.79. The van der Waals surface area contributed by atoms with Gasteiger partial charge >= 0.3 is 0 Å². The number of furan rings is 1. The molecule has 1 aromatic heterocycles. The molecule has 0 fully saturated rings. The van der Waals surface area contributed by atoms with E-state index in [4.69, 9.17) is 16.6 Å². The minimum Gasteiger partial charge on any atom is -0.467 e. The third-order valence-corrected chi connectivity index (χ3v) is 4.84. The fraction of sp³-hybridized carbons (Fsp3) is 0.450. The van der Waals surface area contributed by atoms with Crippen molar-refractivity contribution < 1.29 is 9.32 Å². The van der Waals surface area contributed by atoms with E-state index in [9.17, 15) is 0 Å². The fourth-order valence-corrected chi connectivity index (χ4v) is 3.23. The van der Waals surface area contributed by atoms with Gasteiger partial charge in [-0.15, -0.1) is 0 Å². The maximum atomic E-state index is 5.79. The third-order valence-electron chi connectivity index (χ3n) is 4.51. The molecule has 0 aliphatic carbocycles. The standard InChI is InChI=1S/C20H29N3OS/c1-6-17-10-7-9-15(2)19(17)21-20(25)23(13-12-22(4)5)16(3)18-11-8-14-24-18/h7-11,14,16H,6,12-13H2,1-5H3,(H,21,25)/p+1. The van der Waals surface area contributed by atoms with E-state index in [0.717, 1.165) is 36.1 Å². The minimum absolute atomic E-state index is 0.0865. The number of rotatable bonds is 7. The lowest BCUT2D eigenvalue weighted by molar-refractivity contribution is -0.857. The molecular weight excluding hydrogens is 330 g/mol. The zero-order valence-electron chi connectivity index (χ0n) is 15.9. The van der Waals surface area contributed by atoms with Gasteiger partial charge in [-0.2, -0.15) is 0 Å². The predicted octanol–water partition coefficient (Wildman–Crippen LogP) is 3.05. The Morgan fingerprint density at radius 3 is 2.64 bits per heavy atom. The van der Waals surface area contributed by atoms with E-state index in [1.807, 2.05) is 12.1 Å². The van der Waals surface area contributed by atoms with Gasteiger partial charge in [0.05, 0.1) is 39.5 Å². The van der Waals surface area contributed by atoms with Gasteiger partial charge in [0.25, 0.3) is 0 Å². The predicted molar refractivity (Wildman–Crippen MR) is 108 cm³/mol. The van der Waals surface area contributed by atoms with Crippen LogP contribution in [-0.4, -0.2) is 37.2 Å². The molecule has 2 aromatic rings. The van der Waals surface area contributed by atoms with Gasteiger partial charge in [-0.1, -0.05) is 25.1 Å². The molecule has 136 valence electrons. The molecule has 0 radical (unpaired) electrons. The zero-order valence-corrected chi connectivity index (χ0v) is 16.7. The number of thiocarbonyl (C=S) groups is 1. The second kappa shape index (κ2) is 9.02. The molecule has 25 heavy (non-hydrogen) atoms. The number of hydrogen-bond acceptors (Lipinski definition) is 2. The normalized spacial score (nSPS) is 12.2. The topological polar surface area (TPSA) is 32.9 Å². The van der Waals surface area contributed by atoms with Gasteiger partial charge in [-0.25, -0.2) is 0 Å². The van der Waals surface area contributed by atoms with Crippen molar-refractivity contribution in [3.63, 3.8) is 0 Å². The molecule has 0 aliphatic rings. The second-order valence-corrected chi connectivity index (χ2v) is 7.12. The van der Waals surface area contributed by atoms with Crippen molar-refractivity contribution in [2.45, 2.75) is 33.2 Å². The van der Waals surface area contributed by atoms with Crippen LogP contribution in [0.3, 0.4) is 0 Å². The quantitative estimate of drug-likeness (QED) is 0.744. The van der Waals surface area contributed by atoms with Gasteiger partial charge in [0.1, 0.15) is 5.76 Å². The van der Waals surface area contributed by atoms with E-state index in [1.165, 1.54) is 16.0 Å². The van der Waals surface area contributed by atoms with Crippen LogP contribution in [0.1, 0.15) is 36.8 Å². The summed E-state index contributed by atoms with van der Waals surface area (Å²) < 4.78 is 5.62. The van der Waals surface area contributed by atoms with Gasteiger partial charge in [-0.3, -0.25) is 0 Å². The van der Waals surface area contributed by atoms with Crippen molar-refractivity contribution in [2.75, 3.05) is 32.5 Å². The molecule has 0 spiro atoms. The Kier molecular flexibility index (Phi) is 7.02. The number of quaternary nitrogens is 1. The number of aryl methyl sites for hydroxylation is 2. The number of nitrogens with one attached hydrogen (secondary N) is 2. The van der Waals surface area contributed by atoms with Crippen molar-refractivity contribution in [1.82, 2.24) is 4.90 Å². The Morgan fingerprint density at radius 1 is 1.28 bits per heavy atom. The van der Waals surface area contributed by atoms with Crippen LogP contribution in [-0.2, 0) is 6.42 Å². The summed E-state index contributed by atoms with van der Waals surface area (Å²) in [5.74, 6) is 0.929. The summed E-state index contributed by atoms with van der Waals surface area (Å²) in [5.41, 5.74) is 3.63. The number of likely N-dealkylation sites (N-methyl/N-ethyl adjacent to an activating group) is 1. The van der Waals surface area contributed by atoms with Gasteiger partial charge in [0.2, 0.25) is 0 Å². The number of nitrogens with zero attached hydrogens (tertiary/aromatic N) is 1. The van der Waals surface area contributed by atoms with E-state index in [0.29, 0.717) is 0 Å². The molecule has 0 saturated carbocycles. The summed E-state index contributed by atoms with van der Waals surface area (Å²) in [4.78, 5) is 3.61. The summed E-state index contributed by atoms with van der Waals surface area (Å²) in [6.45, 7) is 8.29. The molecule has 1 unspecified atom stereocenters. The Hall–Kier alpha value is -1.85. The summed E-state index contributed by atoms with van der Waals surface area (Å²) in [6, 6.07) is 10.4. The lowest BCUT2D eigenvalue weighted by atomic mass is 10.1. The van der Waals surface area contributed by atoms with E-state index in [-0.39, 0.29) is 6.04 Å². The third kappa shape index (κ3) is 5.06. The smallest absolute Gasteiger partial charge is 0.174 e. The fourth-order valence-electron chi connectivity index (χ4n) is 2.88. The average molecular weight is 361 g/mol. The largest absolute Gasteiger partial charge is 0.467 e. The Labute approximate surface area is 156 Å². The Bertz CT molecular complexity index is 682. The van der Waals surface area contributed by atoms with E-state index < -0.39 is 0 Å². The molecule has 1 atom stereocenters. The number of hydrogen-bond donors (Lipinski definition) is 2. The first-order valence-corrected chi connectivity index (χ1v) is 9.33. The molecule has 0 amide bonds. The molecule has 2 N–H and O–H groups in total. The van der Waals surface area contributed by atoms with Crippen molar-refractivity contribution in [2.24, 2.45) is 0 Å². The van der Waals surface area contributed by atoms with E-state index >= 15 is 0 Å². The van der Waals surface area contributed by atoms with Crippen molar-refractivity contribution in [3.05, 3.63) is 53.5 Å². The highest BCUT2D eigenvalue weighted by Gasteiger charge is 2.22. The minimum atomic E-state index is 0.0865. The summed E-state index contributed by atoms with van der Waals surface area (Å²) in [7, 11) is 4.31. The highest BCUT2D eigenvalue weighted by atomic mass is 32.1. The molecule has 0 saturated heterocycles. The van der Waals surface area contributed by atoms with Crippen LogP contribution in [0.15, 0.2) is 41.0 Å². The van der Waals surface area contributed by atoms with Gasteiger partial charge in [-0.05, 0) is 55.7 Å². The average Bonchev–Trinajstić information content (AvgIpc) is 3.11. The highest BCUT2D eigenvalue weighted by Crippen LogP contribution is 2.25. The summed E-state index contributed by atoms with van der Waals surface area (Å²) in [5, 5.41) is 4.25. The monoisotopic (exact) mass is 360 g/mol. The molecule has 0 aliphatic heterocycles. The van der Waals surface area contributed by atoms with Crippen molar-refractivity contribution in [1.29, 1.82) is 0 Å². The molecule has 5 heteroatoms. The lowest BCUT2D eigenvalue weighted by Gasteiger charge is -2.31. The number of benzene rings is 1. The molecule has 2 rings (SSSR count). The van der Waals surface area contributed by atoms with Gasteiger partial charge in [0, 0.05) is 5.69 Å². The number of para-hydroxylation sites is 1. The van der Waals surface area contributed by atoms with Crippen LogP contribution in [0.25, 0.3) is 0 Å². The van der Waals surface area contributed by atoms with Crippen LogP contribution in [0.5, 0.6) is 0 Å². The van der Waals surface area contributed by atoms with Crippen LogP contribution in [0.4, 0.5) is 5.69 Å². The van der Waals surface area contributed by atoms with Crippen LogP contribution >= 0.6 is 12.2 Å². The van der Waals surface area contributed by atoms with E-state index in [1.54, 1.807) is 6.26 Å². The van der Waals surface area contributed by atoms with Gasteiger partial charge < -0.3 is 19.5 Å². The first-order valence-electron chi connectivity index (χ1n) is 8.92. The van der Waals surface area contributed by atoms with E-state index in [2.05, 4.69) is 63.3 Å². The highest BCUT2D eigenvalue weighted by molar-refractivity contribution is 7.80. The summed E-state index contributed by atoms with van der Waals surface area (Å²) in [6.07, 6.45) is 2.69. The molecule has 0 bridgehead atoms. The molecule has 1 aromatic carbocycles.